The number of rotatable bonds is 10. The molecule has 4 saturated heterocycles. The average molecular weight is 596 g/mol. The Morgan fingerprint density at radius 3 is 1.68 bits per heavy atom. The van der Waals surface area contributed by atoms with Gasteiger partial charge in [0.25, 0.3) is 0 Å². The molecule has 0 aromatic carbocycles. The van der Waals surface area contributed by atoms with Crippen molar-refractivity contribution in [3.05, 3.63) is 6.61 Å². The molecule has 14 nitrogen and oxygen atoms in total. The van der Waals surface area contributed by atoms with E-state index in [1.807, 2.05) is 13.8 Å². The standard InChI is InChI=1S/C27H47O14/c1-12-24(15(32-4)7-8-35-12)39-19-9-16(33-5)25(13(2)36-19)40-20-10-17(34-6)26(14(3)37-20)41-27-23(31)22(30)21(29)18(11-28)38-27/h8,12-31H,7,9-11H2,1-6H3/t12-,13+,14-,15+,16+,17+,18-,19+,20+,21-,22+,23-,24?,25-,26-,27+/m1/s1. The van der Waals surface area contributed by atoms with Crippen molar-refractivity contribution in [2.75, 3.05) is 27.9 Å². The summed E-state index contributed by atoms with van der Waals surface area (Å²) in [4.78, 5) is 0. The van der Waals surface area contributed by atoms with E-state index in [4.69, 9.17) is 47.4 Å². The van der Waals surface area contributed by atoms with Crippen LogP contribution in [0.1, 0.15) is 40.0 Å². The lowest BCUT2D eigenvalue weighted by atomic mass is 9.98. The van der Waals surface area contributed by atoms with Crippen molar-refractivity contribution in [3.63, 3.8) is 0 Å². The largest absolute Gasteiger partial charge is 0.394 e. The van der Waals surface area contributed by atoms with Crippen molar-refractivity contribution < 1.29 is 67.8 Å². The molecule has 0 aromatic heterocycles. The number of ether oxygens (including phenoxy) is 10. The summed E-state index contributed by atoms with van der Waals surface area (Å²) in [5, 5.41) is 40.1. The molecule has 14 heteroatoms. The van der Waals surface area contributed by atoms with Gasteiger partial charge in [-0.15, -0.1) is 0 Å². The zero-order chi connectivity index (χ0) is 29.8. The summed E-state index contributed by atoms with van der Waals surface area (Å²) in [6, 6.07) is 0. The highest BCUT2D eigenvalue weighted by molar-refractivity contribution is 4.92. The van der Waals surface area contributed by atoms with Gasteiger partial charge >= 0.3 is 0 Å². The minimum absolute atomic E-state index is 0.145. The number of hydrogen-bond acceptors (Lipinski definition) is 14. The quantitative estimate of drug-likeness (QED) is 0.248. The Hall–Kier alpha value is -0.560. The Labute approximate surface area is 241 Å². The van der Waals surface area contributed by atoms with Crippen LogP contribution in [0, 0.1) is 6.61 Å². The molecule has 4 rings (SSSR count). The molecule has 4 heterocycles. The molecule has 0 aromatic rings. The molecule has 0 aliphatic carbocycles. The second-order valence-corrected chi connectivity index (χ2v) is 11.1. The van der Waals surface area contributed by atoms with Crippen molar-refractivity contribution in [1.82, 2.24) is 0 Å². The van der Waals surface area contributed by atoms with Gasteiger partial charge in [0.1, 0.15) is 42.7 Å². The van der Waals surface area contributed by atoms with Gasteiger partial charge in [0.15, 0.2) is 18.9 Å². The highest BCUT2D eigenvalue weighted by Crippen LogP contribution is 2.34. The molecular weight excluding hydrogens is 548 g/mol. The Morgan fingerprint density at radius 1 is 0.659 bits per heavy atom. The Bertz CT molecular complexity index is 789. The molecule has 0 bridgehead atoms. The predicted octanol–water partition coefficient (Wildman–Crippen LogP) is -0.773. The van der Waals surface area contributed by atoms with E-state index in [9.17, 15) is 20.4 Å². The summed E-state index contributed by atoms with van der Waals surface area (Å²) in [6.07, 6.45) is -10.5. The zero-order valence-electron chi connectivity index (χ0n) is 24.5. The number of aliphatic hydroxyl groups excluding tert-OH is 4. The van der Waals surface area contributed by atoms with E-state index < -0.39 is 80.4 Å². The highest BCUT2D eigenvalue weighted by atomic mass is 16.8. The summed E-state index contributed by atoms with van der Waals surface area (Å²) in [6.45, 7) is 6.77. The normalized spacial score (nSPS) is 49.6. The molecule has 4 N–H and O–H groups in total. The summed E-state index contributed by atoms with van der Waals surface area (Å²) in [7, 11) is 4.79. The number of aliphatic hydroxyl groups is 4. The lowest BCUT2D eigenvalue weighted by Gasteiger charge is -2.47. The van der Waals surface area contributed by atoms with Crippen molar-refractivity contribution >= 4 is 0 Å². The fraction of sp³-hybridized carbons (Fsp3) is 0.963. The zero-order valence-corrected chi connectivity index (χ0v) is 24.5. The van der Waals surface area contributed by atoms with Crippen molar-refractivity contribution in [3.8, 4) is 0 Å². The van der Waals surface area contributed by atoms with E-state index in [2.05, 4.69) is 0 Å². The van der Waals surface area contributed by atoms with Crippen LogP contribution < -0.4 is 0 Å². The molecule has 16 atom stereocenters. The van der Waals surface area contributed by atoms with Gasteiger partial charge in [0, 0.05) is 40.6 Å². The van der Waals surface area contributed by atoms with E-state index in [0.717, 1.165) is 0 Å². The first kappa shape index (κ1) is 33.3. The Balaban J connectivity index is 1.35. The van der Waals surface area contributed by atoms with Crippen LogP contribution in [0.5, 0.6) is 0 Å². The molecule has 0 spiro atoms. The molecule has 4 fully saturated rings. The molecule has 41 heavy (non-hydrogen) atoms. The van der Waals surface area contributed by atoms with Crippen LogP contribution in [0.15, 0.2) is 0 Å². The van der Waals surface area contributed by atoms with Gasteiger partial charge < -0.3 is 67.8 Å². The predicted molar refractivity (Wildman–Crippen MR) is 138 cm³/mol. The average Bonchev–Trinajstić information content (AvgIpc) is 2.96. The second kappa shape index (κ2) is 14.9. The number of hydrogen-bond donors (Lipinski definition) is 4. The van der Waals surface area contributed by atoms with Crippen LogP contribution in [0.2, 0.25) is 0 Å². The third kappa shape index (κ3) is 7.57. The van der Waals surface area contributed by atoms with Crippen LogP contribution in [0.4, 0.5) is 0 Å². The van der Waals surface area contributed by atoms with Crippen LogP contribution in [0.25, 0.3) is 0 Å². The van der Waals surface area contributed by atoms with Gasteiger partial charge in [-0.05, 0) is 20.8 Å². The smallest absolute Gasteiger partial charge is 0.187 e. The van der Waals surface area contributed by atoms with Gasteiger partial charge in [0.2, 0.25) is 0 Å². The maximum Gasteiger partial charge on any atom is 0.187 e. The highest BCUT2D eigenvalue weighted by Gasteiger charge is 2.49. The summed E-state index contributed by atoms with van der Waals surface area (Å²) < 4.78 is 59.2. The monoisotopic (exact) mass is 595 g/mol. The minimum atomic E-state index is -1.55. The molecular formula is C27H47O14. The molecule has 0 saturated carbocycles. The van der Waals surface area contributed by atoms with E-state index in [1.165, 1.54) is 7.11 Å². The van der Waals surface area contributed by atoms with E-state index >= 15 is 0 Å². The first-order valence-corrected chi connectivity index (χ1v) is 14.2. The van der Waals surface area contributed by atoms with Gasteiger partial charge in [-0.1, -0.05) is 0 Å². The lowest BCUT2D eigenvalue weighted by molar-refractivity contribution is -0.354. The van der Waals surface area contributed by atoms with Gasteiger partial charge in [-0.2, -0.15) is 0 Å². The third-order valence-electron chi connectivity index (χ3n) is 8.37. The van der Waals surface area contributed by atoms with E-state index in [0.29, 0.717) is 12.8 Å². The van der Waals surface area contributed by atoms with Crippen LogP contribution in [-0.2, 0) is 47.4 Å². The molecule has 1 unspecified atom stereocenters. The summed E-state index contributed by atoms with van der Waals surface area (Å²) >= 11 is 0. The third-order valence-corrected chi connectivity index (χ3v) is 8.37. The Morgan fingerprint density at radius 2 is 1.17 bits per heavy atom. The molecule has 0 amide bonds. The van der Waals surface area contributed by atoms with E-state index in [-0.39, 0.29) is 30.8 Å². The Kier molecular flexibility index (Phi) is 12.2. The topological polar surface area (TPSA) is 173 Å². The fourth-order valence-electron chi connectivity index (χ4n) is 5.96. The SMILES string of the molecule is CO[C@H]1C[CH]O[C@H](C)C1O[C@H]1C[C@H](OC)[C@H](O[C@H]2C[C@H](OC)[C@H](O[C@@H]3O[C@H](CO)[C@@H](O)[C@H](O)[C@H]3O)[C@@H](C)O2)[C@H](C)O1. The second-order valence-electron chi connectivity index (χ2n) is 11.1. The maximum atomic E-state index is 10.4. The molecule has 4 aliphatic heterocycles. The van der Waals surface area contributed by atoms with Gasteiger partial charge in [0.05, 0.1) is 49.8 Å². The molecule has 239 valence electrons. The lowest BCUT2D eigenvalue weighted by Crippen LogP contribution is -2.62. The minimum Gasteiger partial charge on any atom is -0.394 e. The maximum absolute atomic E-state index is 10.4. The fourth-order valence-corrected chi connectivity index (χ4v) is 5.96. The van der Waals surface area contributed by atoms with Crippen molar-refractivity contribution in [2.24, 2.45) is 0 Å². The van der Waals surface area contributed by atoms with Crippen molar-refractivity contribution in [1.29, 1.82) is 0 Å². The number of methoxy groups -OCH3 is 3. The summed E-state index contributed by atoms with van der Waals surface area (Å²) in [5.74, 6) is 0. The first-order chi connectivity index (χ1) is 19.6. The van der Waals surface area contributed by atoms with Crippen LogP contribution >= 0.6 is 0 Å². The summed E-state index contributed by atoms with van der Waals surface area (Å²) in [5.41, 5.74) is 0. The van der Waals surface area contributed by atoms with E-state index in [1.54, 1.807) is 27.8 Å². The molecule has 1 radical (unpaired) electrons. The van der Waals surface area contributed by atoms with Crippen LogP contribution in [0.3, 0.4) is 0 Å². The van der Waals surface area contributed by atoms with Gasteiger partial charge in [-0.3, -0.25) is 0 Å². The van der Waals surface area contributed by atoms with Gasteiger partial charge in [-0.25, -0.2) is 0 Å². The van der Waals surface area contributed by atoms with Crippen LogP contribution in [-0.4, -0.2) is 147 Å². The van der Waals surface area contributed by atoms with Crippen molar-refractivity contribution in [2.45, 2.75) is 138 Å². The first-order valence-electron chi connectivity index (χ1n) is 14.2. The molecule has 4 aliphatic rings.